The Morgan fingerprint density at radius 1 is 1.09 bits per heavy atom. The molecule has 1 aromatic carbocycles. The zero-order valence-electron chi connectivity index (χ0n) is 14.9. The van der Waals surface area contributed by atoms with E-state index < -0.39 is 0 Å². The largest absolute Gasteiger partial charge is 0.393 e. The van der Waals surface area contributed by atoms with E-state index in [0.717, 1.165) is 18.4 Å². The number of hydrogen-bond donors (Lipinski definition) is 1. The second-order valence-electron chi connectivity index (χ2n) is 7.97. The molecule has 22 heavy (non-hydrogen) atoms. The standard InChI is InChI=1S/C20H32O2/c1-6-7-12-22-18(14-21)15-8-9-16-17(13-15)20(4,5)11-10-19(16,2)3/h8-9,13,18,21H,6-7,10-12,14H2,1-5H3. The summed E-state index contributed by atoms with van der Waals surface area (Å²) in [6.45, 7) is 12.2. The van der Waals surface area contributed by atoms with Crippen LogP contribution in [0.4, 0.5) is 0 Å². The number of hydrogen-bond acceptors (Lipinski definition) is 2. The molecule has 0 bridgehead atoms. The van der Waals surface area contributed by atoms with Crippen LogP contribution in [0.3, 0.4) is 0 Å². The summed E-state index contributed by atoms with van der Waals surface area (Å²) >= 11 is 0. The smallest absolute Gasteiger partial charge is 0.106 e. The van der Waals surface area contributed by atoms with Gasteiger partial charge in [-0.3, -0.25) is 0 Å². The van der Waals surface area contributed by atoms with Gasteiger partial charge in [0.05, 0.1) is 6.61 Å². The summed E-state index contributed by atoms with van der Waals surface area (Å²) in [6.07, 6.45) is 4.39. The van der Waals surface area contributed by atoms with Crippen LogP contribution in [-0.2, 0) is 15.6 Å². The molecule has 0 aromatic heterocycles. The first kappa shape index (κ1) is 17.5. The van der Waals surface area contributed by atoms with Crippen molar-refractivity contribution >= 4 is 0 Å². The molecule has 2 rings (SSSR count). The number of unbranched alkanes of at least 4 members (excludes halogenated alkanes) is 1. The highest BCUT2D eigenvalue weighted by molar-refractivity contribution is 5.44. The minimum atomic E-state index is -0.197. The number of benzene rings is 1. The summed E-state index contributed by atoms with van der Waals surface area (Å²) in [6, 6.07) is 6.69. The lowest BCUT2D eigenvalue weighted by Gasteiger charge is -2.42. The van der Waals surface area contributed by atoms with Gasteiger partial charge in [-0.1, -0.05) is 59.2 Å². The number of rotatable bonds is 6. The molecule has 1 N–H and O–H groups in total. The third-order valence-electron chi connectivity index (χ3n) is 5.23. The fourth-order valence-electron chi connectivity index (χ4n) is 3.43. The van der Waals surface area contributed by atoms with Gasteiger partial charge in [0.25, 0.3) is 0 Å². The van der Waals surface area contributed by atoms with Crippen LogP contribution in [-0.4, -0.2) is 18.3 Å². The minimum absolute atomic E-state index is 0.0479. The van der Waals surface area contributed by atoms with Gasteiger partial charge in [0.1, 0.15) is 6.10 Å². The Morgan fingerprint density at radius 2 is 1.73 bits per heavy atom. The fraction of sp³-hybridized carbons (Fsp3) is 0.700. The molecule has 1 atom stereocenters. The molecule has 0 saturated heterocycles. The minimum Gasteiger partial charge on any atom is -0.393 e. The zero-order valence-corrected chi connectivity index (χ0v) is 14.9. The number of aliphatic hydroxyl groups is 1. The van der Waals surface area contributed by atoms with Gasteiger partial charge >= 0.3 is 0 Å². The highest BCUT2D eigenvalue weighted by Crippen LogP contribution is 2.46. The van der Waals surface area contributed by atoms with E-state index in [0.29, 0.717) is 6.61 Å². The van der Waals surface area contributed by atoms with Crippen LogP contribution in [0.2, 0.25) is 0 Å². The van der Waals surface area contributed by atoms with Crippen molar-refractivity contribution in [3.63, 3.8) is 0 Å². The Balaban J connectivity index is 2.32. The fourth-order valence-corrected chi connectivity index (χ4v) is 3.43. The van der Waals surface area contributed by atoms with Gasteiger partial charge in [0, 0.05) is 6.61 Å². The Bertz CT molecular complexity index is 502. The van der Waals surface area contributed by atoms with E-state index in [2.05, 4.69) is 52.8 Å². The third kappa shape index (κ3) is 3.55. The van der Waals surface area contributed by atoms with Crippen molar-refractivity contribution in [3.8, 4) is 0 Å². The normalized spacial score (nSPS) is 20.5. The summed E-state index contributed by atoms with van der Waals surface area (Å²) in [5.41, 5.74) is 4.44. The molecule has 0 radical (unpaired) electrons. The molecule has 0 fully saturated rings. The van der Waals surface area contributed by atoms with E-state index in [1.54, 1.807) is 0 Å². The van der Waals surface area contributed by atoms with Crippen LogP contribution in [0.5, 0.6) is 0 Å². The van der Waals surface area contributed by atoms with Crippen molar-refractivity contribution in [3.05, 3.63) is 34.9 Å². The first-order chi connectivity index (χ1) is 10.3. The van der Waals surface area contributed by atoms with Gasteiger partial charge in [-0.2, -0.15) is 0 Å². The van der Waals surface area contributed by atoms with Gasteiger partial charge in [-0.05, 0) is 46.8 Å². The lowest BCUT2D eigenvalue weighted by molar-refractivity contribution is 0.0103. The number of aliphatic hydroxyl groups excluding tert-OH is 1. The highest BCUT2D eigenvalue weighted by atomic mass is 16.5. The van der Waals surface area contributed by atoms with Crippen molar-refractivity contribution in [1.82, 2.24) is 0 Å². The SMILES string of the molecule is CCCCOC(CO)c1ccc2c(c1)C(C)(C)CCC2(C)C. The summed E-state index contributed by atoms with van der Waals surface area (Å²) in [4.78, 5) is 0. The topological polar surface area (TPSA) is 29.5 Å². The van der Waals surface area contributed by atoms with Crippen molar-refractivity contribution in [2.24, 2.45) is 0 Å². The second-order valence-corrected chi connectivity index (χ2v) is 7.97. The van der Waals surface area contributed by atoms with Gasteiger partial charge in [0.15, 0.2) is 0 Å². The monoisotopic (exact) mass is 304 g/mol. The summed E-state index contributed by atoms with van der Waals surface area (Å²) in [5, 5.41) is 9.69. The van der Waals surface area contributed by atoms with Gasteiger partial charge in [0.2, 0.25) is 0 Å². The van der Waals surface area contributed by atoms with Crippen molar-refractivity contribution in [2.45, 2.75) is 77.2 Å². The molecule has 0 heterocycles. The molecule has 0 amide bonds. The second kappa shape index (κ2) is 6.72. The van der Waals surface area contributed by atoms with Crippen LogP contribution in [0.1, 0.15) is 83.1 Å². The summed E-state index contributed by atoms with van der Waals surface area (Å²) < 4.78 is 5.88. The quantitative estimate of drug-likeness (QED) is 0.759. The van der Waals surface area contributed by atoms with Crippen molar-refractivity contribution in [2.75, 3.05) is 13.2 Å². The van der Waals surface area contributed by atoms with Crippen molar-refractivity contribution < 1.29 is 9.84 Å². The maximum Gasteiger partial charge on any atom is 0.106 e. The predicted octanol–water partition coefficient (Wildman–Crippen LogP) is 4.89. The van der Waals surface area contributed by atoms with Crippen LogP contribution in [0, 0.1) is 0 Å². The van der Waals surface area contributed by atoms with E-state index >= 15 is 0 Å². The first-order valence-corrected chi connectivity index (χ1v) is 8.69. The molecule has 124 valence electrons. The zero-order chi connectivity index (χ0) is 16.4. The molecule has 0 spiro atoms. The number of ether oxygens (including phenoxy) is 1. The average Bonchev–Trinajstić information content (AvgIpc) is 2.48. The maximum absolute atomic E-state index is 9.69. The molecule has 1 aliphatic rings. The van der Waals surface area contributed by atoms with Crippen LogP contribution < -0.4 is 0 Å². The van der Waals surface area contributed by atoms with E-state index in [9.17, 15) is 5.11 Å². The average molecular weight is 304 g/mol. The Morgan fingerprint density at radius 3 is 2.32 bits per heavy atom. The third-order valence-corrected chi connectivity index (χ3v) is 5.23. The van der Waals surface area contributed by atoms with Crippen LogP contribution in [0.15, 0.2) is 18.2 Å². The molecular formula is C20H32O2. The highest BCUT2D eigenvalue weighted by Gasteiger charge is 2.37. The molecule has 2 heteroatoms. The van der Waals surface area contributed by atoms with E-state index in [1.807, 2.05) is 0 Å². The molecule has 2 nitrogen and oxygen atoms in total. The molecule has 1 aliphatic carbocycles. The van der Waals surface area contributed by atoms with E-state index in [-0.39, 0.29) is 23.5 Å². The summed E-state index contributed by atoms with van der Waals surface area (Å²) in [7, 11) is 0. The first-order valence-electron chi connectivity index (χ1n) is 8.69. The summed E-state index contributed by atoms with van der Waals surface area (Å²) in [5.74, 6) is 0. The lowest BCUT2D eigenvalue weighted by Crippen LogP contribution is -2.34. The lowest BCUT2D eigenvalue weighted by atomic mass is 9.63. The van der Waals surface area contributed by atoms with E-state index in [1.165, 1.54) is 24.0 Å². The Kier molecular flexibility index (Phi) is 5.34. The van der Waals surface area contributed by atoms with Gasteiger partial charge in [-0.15, -0.1) is 0 Å². The predicted molar refractivity (Wildman–Crippen MR) is 92.4 cm³/mol. The molecule has 0 aliphatic heterocycles. The molecule has 1 unspecified atom stereocenters. The molecule has 0 saturated carbocycles. The Hall–Kier alpha value is -0.860. The van der Waals surface area contributed by atoms with Crippen molar-refractivity contribution in [1.29, 1.82) is 0 Å². The van der Waals surface area contributed by atoms with Crippen LogP contribution >= 0.6 is 0 Å². The van der Waals surface area contributed by atoms with Crippen LogP contribution in [0.25, 0.3) is 0 Å². The maximum atomic E-state index is 9.69. The van der Waals surface area contributed by atoms with Gasteiger partial charge in [-0.25, -0.2) is 0 Å². The van der Waals surface area contributed by atoms with E-state index in [4.69, 9.17) is 4.74 Å². The number of fused-ring (bicyclic) bond motifs is 1. The van der Waals surface area contributed by atoms with Gasteiger partial charge < -0.3 is 9.84 Å². The molecule has 1 aromatic rings. The Labute approximate surface area is 135 Å². The molecular weight excluding hydrogens is 272 g/mol.